The maximum Gasteiger partial charge on any atom is 0.494 e. The molecule has 8 aromatic rings. The summed E-state index contributed by atoms with van der Waals surface area (Å²) in [6.07, 6.45) is 3.36. The fraction of sp³-hybridized carbons (Fsp3) is 0.308. The molecular weight excluding hydrogens is 1230 g/mol. The lowest BCUT2D eigenvalue weighted by molar-refractivity contribution is -0.118. The summed E-state index contributed by atoms with van der Waals surface area (Å²) < 4.78 is 13.4. The molecule has 0 N–H and O–H groups in total. The normalized spacial score (nSPS) is 15.0. The predicted molar refractivity (Wildman–Crippen MR) is 384 cm³/mol. The predicted octanol–water partition coefficient (Wildman–Crippen LogP) is 19.6. The summed E-state index contributed by atoms with van der Waals surface area (Å²) in [4.78, 5) is 51.9. The van der Waals surface area contributed by atoms with Crippen molar-refractivity contribution in [1.29, 1.82) is 0 Å². The maximum atomic E-state index is 12.6. The molecule has 8 aromatic carbocycles. The molecule has 11 heteroatoms. The second kappa shape index (κ2) is 32.0. The van der Waals surface area contributed by atoms with Crippen LogP contribution in [-0.4, -0.2) is 52.8 Å². The smallest absolute Gasteiger partial charge is 0.399 e. The van der Waals surface area contributed by atoms with Crippen LogP contribution in [0.15, 0.2) is 189 Å². The Morgan fingerprint density at radius 3 is 1.15 bits per heavy atom. The van der Waals surface area contributed by atoms with Gasteiger partial charge in [0.05, 0.1) is 45.4 Å². The lowest BCUT2D eigenvalue weighted by Crippen LogP contribution is -2.41. The van der Waals surface area contributed by atoms with E-state index in [0.717, 1.165) is 89.3 Å². The number of hydrogen-bond donors (Lipinski definition) is 0. The Kier molecular flexibility index (Phi) is 26.0. The second-order valence-corrected chi connectivity index (χ2v) is 25.2. The molecule has 0 aliphatic carbocycles. The number of Topliss-reactive ketones (excluding diaryl/α,β-unsaturated/α-hetero) is 3. The van der Waals surface area contributed by atoms with E-state index in [1.165, 1.54) is 50.1 Å². The molecule has 0 bridgehead atoms. The molecule has 0 amide bonds. The first-order valence-corrected chi connectivity index (χ1v) is 31.0. The van der Waals surface area contributed by atoms with Gasteiger partial charge in [-0.15, -0.1) is 0 Å². The minimum Gasteiger partial charge on any atom is -0.399 e. The Hall–Kier alpha value is -7.28. The van der Waals surface area contributed by atoms with Crippen LogP contribution in [0.4, 0.5) is 17.1 Å². The summed E-state index contributed by atoms with van der Waals surface area (Å²) >= 11 is 6.83. The molecule has 1 fully saturated rings. The molecule has 1 saturated heterocycles. The monoisotopic (exact) mass is 1320 g/mol. The van der Waals surface area contributed by atoms with Crippen molar-refractivity contribution in [1.82, 2.24) is 0 Å². The number of benzene rings is 8. The number of alkyl halides is 1. The Labute approximate surface area is 549 Å². The zero-order valence-corrected chi connectivity index (χ0v) is 53.7. The number of halogens is 2. The molecule has 4 aliphatic heterocycles. The number of hydrogen-bond acceptors (Lipinski definition) is 8. The third-order valence-electron chi connectivity index (χ3n) is 16.5. The Balaban J connectivity index is 0.000000225. The van der Waals surface area contributed by atoms with Crippen molar-refractivity contribution in [3.8, 4) is 0 Å². The van der Waals surface area contributed by atoms with E-state index in [2.05, 4.69) is 170 Å². The van der Waals surface area contributed by atoms with Crippen molar-refractivity contribution in [3.05, 3.63) is 258 Å². The molecular formula is C78H90BBr2N3O5. The number of ketones is 3. The van der Waals surface area contributed by atoms with E-state index in [4.69, 9.17) is 24.3 Å². The quantitative estimate of drug-likeness (QED) is 0.117. The molecule has 4 aliphatic rings. The van der Waals surface area contributed by atoms with Gasteiger partial charge in [-0.25, -0.2) is 0 Å². The van der Waals surface area contributed by atoms with Crippen LogP contribution < -0.4 is 5.46 Å². The molecule has 12 rings (SSSR count). The van der Waals surface area contributed by atoms with E-state index >= 15 is 0 Å². The van der Waals surface area contributed by atoms with Gasteiger partial charge in [-0.05, 0) is 201 Å². The zero-order chi connectivity index (χ0) is 60.6. The highest BCUT2D eigenvalue weighted by atomic mass is 79.9. The summed E-state index contributed by atoms with van der Waals surface area (Å²) in [5.74, 6) is 0.631. The van der Waals surface area contributed by atoms with Crippen LogP contribution in [0.25, 0.3) is 0 Å². The van der Waals surface area contributed by atoms with Crippen molar-refractivity contribution in [2.24, 2.45) is 15.0 Å². The number of nitrogens with zero attached hydrogens (tertiary/aromatic N) is 3. The van der Waals surface area contributed by atoms with Gasteiger partial charge in [-0.3, -0.25) is 29.4 Å². The molecule has 464 valence electrons. The summed E-state index contributed by atoms with van der Waals surface area (Å²) in [6, 6.07) is 57.7. The minimum atomic E-state index is -0.431. The standard InChI is InChI=1S/C25H23NO.C24H28BNO3.C18H16BrNO.C7H7Br.4CH4/c1-17-11-22-15-23(27)16-25(26-24(22)12-18(17)2)21-10-6-9-20(14-21)13-19-7-4-3-5-8-19;1-15-10-18-13-20(27)14-22(26-21(18)11-16(15)2)17-8-7-9-19(12-17)25-28-23(3,4)24(5,6)29-25;1-11-6-14-9-16(21)10-18(20-17(14)7-12(11)2)13-4-3-5-15(19)8-13;8-6-7-4-2-1-3-5-7;;;;/h3-12,14H,13,15-16H2,1-2H3;7-12H,13-14H2,1-6H3;3-8H,9-10H2,1-2H3;1-5H,6H2;4*1H4. The zero-order valence-electron chi connectivity index (χ0n) is 50.5. The van der Waals surface area contributed by atoms with Crippen molar-refractivity contribution in [2.45, 2.75) is 160 Å². The van der Waals surface area contributed by atoms with Crippen LogP contribution >= 0.6 is 31.9 Å². The van der Waals surface area contributed by atoms with Crippen molar-refractivity contribution in [3.63, 3.8) is 0 Å². The third kappa shape index (κ3) is 18.7. The number of aryl methyl sites for hydroxylation is 6. The first-order valence-electron chi connectivity index (χ1n) is 29.1. The molecule has 0 spiro atoms. The topological polar surface area (TPSA) is 107 Å². The van der Waals surface area contributed by atoms with E-state index in [1.807, 2.05) is 100 Å². The van der Waals surface area contributed by atoms with Gasteiger partial charge in [0, 0.05) is 48.3 Å². The summed E-state index contributed by atoms with van der Waals surface area (Å²) in [6.45, 7) is 20.7. The summed E-state index contributed by atoms with van der Waals surface area (Å²) in [7, 11) is -0.431. The molecule has 89 heavy (non-hydrogen) atoms. The highest BCUT2D eigenvalue weighted by Crippen LogP contribution is 2.37. The molecule has 8 nitrogen and oxygen atoms in total. The average molecular weight is 1320 g/mol. The molecule has 4 heterocycles. The van der Waals surface area contributed by atoms with Gasteiger partial charge in [0.15, 0.2) is 0 Å². The molecule has 0 unspecified atom stereocenters. The average Bonchev–Trinajstić information content (AvgIpc) is 1.78. The third-order valence-corrected chi connectivity index (χ3v) is 17.7. The Morgan fingerprint density at radius 1 is 0.404 bits per heavy atom. The molecule has 0 atom stereocenters. The van der Waals surface area contributed by atoms with Crippen molar-refractivity contribution in [2.75, 3.05) is 0 Å². The van der Waals surface area contributed by atoms with Gasteiger partial charge in [-0.2, -0.15) is 0 Å². The minimum absolute atomic E-state index is 0. The number of fused-ring (bicyclic) bond motifs is 3. The molecule has 0 aromatic heterocycles. The second-order valence-electron chi connectivity index (χ2n) is 23.8. The van der Waals surface area contributed by atoms with Crippen LogP contribution in [0, 0.1) is 41.5 Å². The molecule has 0 saturated carbocycles. The molecule has 0 radical (unpaired) electrons. The number of aliphatic imine (C=N–C) groups is 3. The maximum absolute atomic E-state index is 12.6. The number of rotatable bonds is 7. The van der Waals surface area contributed by atoms with Gasteiger partial charge in [0.25, 0.3) is 0 Å². The number of carbonyl (C=O) groups excluding carboxylic acids is 3. The van der Waals surface area contributed by atoms with Gasteiger partial charge in [-0.1, -0.05) is 195 Å². The highest BCUT2D eigenvalue weighted by Gasteiger charge is 2.51. The van der Waals surface area contributed by atoms with Gasteiger partial charge < -0.3 is 9.31 Å². The largest absolute Gasteiger partial charge is 0.494 e. The van der Waals surface area contributed by atoms with Gasteiger partial charge in [0.2, 0.25) is 0 Å². The summed E-state index contributed by atoms with van der Waals surface area (Å²) in [5, 5.41) is 0.952. The fourth-order valence-corrected chi connectivity index (χ4v) is 11.3. The van der Waals surface area contributed by atoms with E-state index < -0.39 is 18.3 Å². The fourth-order valence-electron chi connectivity index (χ4n) is 10.5. The highest BCUT2D eigenvalue weighted by molar-refractivity contribution is 9.10. The lowest BCUT2D eigenvalue weighted by Gasteiger charge is -2.32. The van der Waals surface area contributed by atoms with E-state index in [9.17, 15) is 14.4 Å². The van der Waals surface area contributed by atoms with E-state index in [-0.39, 0.29) is 47.1 Å². The van der Waals surface area contributed by atoms with Crippen LogP contribution in [0.5, 0.6) is 0 Å². The van der Waals surface area contributed by atoms with Crippen LogP contribution in [0.3, 0.4) is 0 Å². The van der Waals surface area contributed by atoms with E-state index in [0.29, 0.717) is 38.5 Å². The first kappa shape index (κ1) is 72.5. The van der Waals surface area contributed by atoms with Crippen molar-refractivity contribution < 1.29 is 23.7 Å². The van der Waals surface area contributed by atoms with Crippen LogP contribution in [-0.2, 0) is 54.7 Å². The van der Waals surface area contributed by atoms with Crippen molar-refractivity contribution >= 4 is 96.0 Å². The van der Waals surface area contributed by atoms with E-state index in [1.54, 1.807) is 0 Å². The van der Waals surface area contributed by atoms with Crippen LogP contribution in [0.1, 0.15) is 160 Å². The summed E-state index contributed by atoms with van der Waals surface area (Å²) in [5.41, 5.74) is 22.6. The van der Waals surface area contributed by atoms with Gasteiger partial charge >= 0.3 is 7.12 Å². The Morgan fingerprint density at radius 2 is 0.753 bits per heavy atom. The van der Waals surface area contributed by atoms with Crippen LogP contribution in [0.2, 0.25) is 0 Å². The van der Waals surface area contributed by atoms with Gasteiger partial charge in [0.1, 0.15) is 17.3 Å². The SMILES string of the molecule is BrCc1ccccc1.C.C.C.C.Cc1cc2c(cc1C)N=C(c1cccc(B3OC(C)(C)C(C)(C)O3)c1)CC(=O)C2.Cc1cc2c(cc1C)N=C(c1cccc(Br)c1)CC(=O)C2.Cc1cc2c(cc1C)N=C(c1cccc(Cc3ccccc3)c1)CC(=O)C2. The first-order chi connectivity index (χ1) is 40.6. The number of carbonyl (C=O) groups is 3. The Bertz CT molecular complexity index is 3890. The lowest BCUT2D eigenvalue weighted by atomic mass is 9.78.